The quantitative estimate of drug-likeness (QED) is 0.283. The minimum Gasteiger partial charge on any atom is -0.362 e. The fraction of sp³-hybridized carbons (Fsp3) is 0.0952. The second-order valence-electron chi connectivity index (χ2n) is 5.51. The van der Waals surface area contributed by atoms with Crippen LogP contribution in [0.15, 0.2) is 91.0 Å². The van der Waals surface area contributed by atoms with E-state index >= 15 is 0 Å². The van der Waals surface area contributed by atoms with Gasteiger partial charge < -0.3 is 5.53 Å². The molecule has 0 aliphatic rings. The lowest BCUT2D eigenvalue weighted by molar-refractivity contribution is -0.0000124. The summed E-state index contributed by atoms with van der Waals surface area (Å²) in [4.78, 5) is 3.27. The highest BCUT2D eigenvalue weighted by Gasteiger charge is 2.36. The topological polar surface area (TPSA) is 36.4 Å². The molecular formula is C21H18N2. The lowest BCUT2D eigenvalue weighted by Gasteiger charge is -2.33. The molecule has 3 rings (SSSR count). The van der Waals surface area contributed by atoms with Gasteiger partial charge in [-0.05, 0) is 16.7 Å². The molecule has 0 heterocycles. The third-order valence-corrected chi connectivity index (χ3v) is 4.28. The average molecular weight is 298 g/mol. The molecule has 0 atom stereocenters. The minimum atomic E-state index is -0.379. The van der Waals surface area contributed by atoms with Crippen LogP contribution in [-0.2, 0) is 5.41 Å². The van der Waals surface area contributed by atoms with Crippen molar-refractivity contribution < 1.29 is 4.79 Å². The summed E-state index contributed by atoms with van der Waals surface area (Å²) < 4.78 is 0. The molecule has 0 amide bonds. The van der Waals surface area contributed by atoms with Crippen molar-refractivity contribution in [3.05, 3.63) is 113 Å². The maximum Gasteiger partial charge on any atom is 0.258 e. The number of rotatable bonds is 5. The standard InChI is InChI=1S/C21H18N2/c22-23-17-16-21(18-10-4-1-5-11-18,19-12-6-2-7-13-19)20-14-8-3-9-15-20/h1-15,17H,16H2. The molecule has 0 aliphatic carbocycles. The molecule has 2 nitrogen and oxygen atoms in total. The second-order valence-corrected chi connectivity index (χ2v) is 5.51. The minimum absolute atomic E-state index is 0.379. The van der Waals surface area contributed by atoms with E-state index in [1.165, 1.54) is 16.7 Å². The van der Waals surface area contributed by atoms with E-state index in [0.717, 1.165) is 0 Å². The first-order valence-corrected chi connectivity index (χ1v) is 7.70. The Balaban J connectivity index is 2.32. The Labute approximate surface area is 136 Å². The van der Waals surface area contributed by atoms with Crippen molar-refractivity contribution >= 4 is 6.21 Å². The first-order valence-electron chi connectivity index (χ1n) is 7.70. The molecule has 3 aromatic carbocycles. The molecule has 0 fully saturated rings. The molecule has 2 heteroatoms. The zero-order valence-corrected chi connectivity index (χ0v) is 12.8. The van der Waals surface area contributed by atoms with Crippen LogP contribution in [0.2, 0.25) is 0 Å². The summed E-state index contributed by atoms with van der Waals surface area (Å²) in [6, 6.07) is 31.1. The van der Waals surface area contributed by atoms with Gasteiger partial charge in [0, 0.05) is 0 Å². The van der Waals surface area contributed by atoms with Crippen LogP contribution in [0.25, 0.3) is 5.53 Å². The molecule has 0 unspecified atom stereocenters. The average Bonchev–Trinajstić information content (AvgIpc) is 2.65. The van der Waals surface area contributed by atoms with Gasteiger partial charge in [0.2, 0.25) is 0 Å². The molecule has 0 aliphatic heterocycles. The fourth-order valence-corrected chi connectivity index (χ4v) is 3.20. The SMILES string of the molecule is [N-]=[N+]=CCC(c1ccccc1)(c1ccccc1)c1ccccc1. The van der Waals surface area contributed by atoms with E-state index in [2.05, 4.69) is 41.2 Å². The summed E-state index contributed by atoms with van der Waals surface area (Å²) in [6.07, 6.45) is 2.16. The lowest BCUT2D eigenvalue weighted by Crippen LogP contribution is -2.30. The Kier molecular flexibility index (Phi) is 4.46. The van der Waals surface area contributed by atoms with Crippen molar-refractivity contribution in [2.24, 2.45) is 0 Å². The van der Waals surface area contributed by atoms with E-state index in [-0.39, 0.29) is 5.41 Å². The summed E-state index contributed by atoms with van der Waals surface area (Å²) in [5.41, 5.74) is 12.2. The van der Waals surface area contributed by atoms with Crippen molar-refractivity contribution in [3.63, 3.8) is 0 Å². The van der Waals surface area contributed by atoms with Crippen LogP contribution < -0.4 is 0 Å². The van der Waals surface area contributed by atoms with Gasteiger partial charge >= 0.3 is 0 Å². The number of benzene rings is 3. The highest BCUT2D eigenvalue weighted by Crippen LogP contribution is 2.41. The first kappa shape index (κ1) is 15.0. The smallest absolute Gasteiger partial charge is 0.258 e. The van der Waals surface area contributed by atoms with E-state index in [1.807, 2.05) is 54.6 Å². The summed E-state index contributed by atoms with van der Waals surface area (Å²) in [5, 5.41) is 0. The van der Waals surface area contributed by atoms with Gasteiger partial charge in [-0.25, -0.2) is 0 Å². The Hall–Kier alpha value is -2.96. The first-order chi connectivity index (χ1) is 11.4. The van der Waals surface area contributed by atoms with Gasteiger partial charge in [-0.15, -0.1) is 0 Å². The van der Waals surface area contributed by atoms with Crippen LogP contribution >= 0.6 is 0 Å². The van der Waals surface area contributed by atoms with Crippen molar-refractivity contribution in [2.75, 3.05) is 0 Å². The molecule has 0 saturated carbocycles. The van der Waals surface area contributed by atoms with E-state index in [1.54, 1.807) is 6.21 Å². The fourth-order valence-electron chi connectivity index (χ4n) is 3.20. The molecule has 0 spiro atoms. The molecule has 112 valence electrons. The Morgan fingerprint density at radius 3 is 1.30 bits per heavy atom. The second kappa shape index (κ2) is 6.87. The maximum absolute atomic E-state index is 9.04. The molecular weight excluding hydrogens is 280 g/mol. The molecule has 0 N–H and O–H groups in total. The van der Waals surface area contributed by atoms with E-state index in [9.17, 15) is 0 Å². The molecule has 0 bridgehead atoms. The van der Waals surface area contributed by atoms with E-state index in [0.29, 0.717) is 6.42 Å². The highest BCUT2D eigenvalue weighted by atomic mass is 14.8. The third-order valence-electron chi connectivity index (χ3n) is 4.28. The van der Waals surface area contributed by atoms with Crippen LogP contribution in [0.1, 0.15) is 23.1 Å². The maximum atomic E-state index is 9.04. The summed E-state index contributed by atoms with van der Waals surface area (Å²) >= 11 is 0. The van der Waals surface area contributed by atoms with Crippen LogP contribution in [0, 0.1) is 0 Å². The van der Waals surface area contributed by atoms with Crippen molar-refractivity contribution in [2.45, 2.75) is 11.8 Å². The predicted octanol–water partition coefficient (Wildman–Crippen LogP) is 4.71. The van der Waals surface area contributed by atoms with Crippen molar-refractivity contribution in [1.82, 2.24) is 0 Å². The third kappa shape index (κ3) is 2.85. The number of hydrogen-bond acceptors (Lipinski definition) is 0. The van der Waals surface area contributed by atoms with Crippen LogP contribution in [0.3, 0.4) is 0 Å². The predicted molar refractivity (Wildman–Crippen MR) is 93.5 cm³/mol. The van der Waals surface area contributed by atoms with Gasteiger partial charge in [0.15, 0.2) is 0 Å². The number of hydrogen-bond donors (Lipinski definition) is 0. The molecule has 0 radical (unpaired) electrons. The van der Waals surface area contributed by atoms with Gasteiger partial charge in [-0.3, -0.25) is 0 Å². The van der Waals surface area contributed by atoms with Gasteiger partial charge in [0.1, 0.15) is 0 Å². The summed E-state index contributed by atoms with van der Waals surface area (Å²) in [7, 11) is 0. The van der Waals surface area contributed by atoms with Crippen molar-refractivity contribution in [1.29, 1.82) is 0 Å². The Bertz CT molecular complexity index is 692. The van der Waals surface area contributed by atoms with E-state index in [4.69, 9.17) is 5.53 Å². The molecule has 23 heavy (non-hydrogen) atoms. The molecule has 3 aromatic rings. The normalized spacial score (nSPS) is 10.8. The lowest BCUT2D eigenvalue weighted by atomic mass is 9.67. The molecule has 0 saturated heterocycles. The summed E-state index contributed by atoms with van der Waals surface area (Å²) in [6.45, 7) is 0. The molecule has 0 aromatic heterocycles. The zero-order valence-electron chi connectivity index (χ0n) is 12.8. The Morgan fingerprint density at radius 2 is 1.00 bits per heavy atom. The van der Waals surface area contributed by atoms with Crippen LogP contribution in [0.4, 0.5) is 0 Å². The van der Waals surface area contributed by atoms with Crippen molar-refractivity contribution in [3.8, 4) is 0 Å². The number of nitrogens with zero attached hydrogens (tertiary/aromatic N) is 2. The van der Waals surface area contributed by atoms with Gasteiger partial charge in [-0.2, -0.15) is 4.79 Å². The Morgan fingerprint density at radius 1 is 0.652 bits per heavy atom. The van der Waals surface area contributed by atoms with Gasteiger partial charge in [0.05, 0.1) is 11.8 Å². The summed E-state index contributed by atoms with van der Waals surface area (Å²) in [5.74, 6) is 0. The highest BCUT2D eigenvalue weighted by molar-refractivity contribution is 5.62. The van der Waals surface area contributed by atoms with Crippen LogP contribution in [0.5, 0.6) is 0 Å². The largest absolute Gasteiger partial charge is 0.362 e. The van der Waals surface area contributed by atoms with Crippen LogP contribution in [-0.4, -0.2) is 11.0 Å². The van der Waals surface area contributed by atoms with Gasteiger partial charge in [0.25, 0.3) is 6.21 Å². The monoisotopic (exact) mass is 298 g/mol. The zero-order chi connectivity index (χ0) is 16.0. The van der Waals surface area contributed by atoms with Gasteiger partial charge in [-0.1, -0.05) is 91.0 Å². The van der Waals surface area contributed by atoms with E-state index < -0.39 is 0 Å².